The molecule has 112 valence electrons. The zero-order chi connectivity index (χ0) is 15.5. The van der Waals surface area contributed by atoms with Crippen molar-refractivity contribution < 1.29 is 4.40 Å². The number of nitrogens with one attached hydrogen (secondary N) is 2. The van der Waals surface area contributed by atoms with Gasteiger partial charge in [0.15, 0.2) is 0 Å². The molecule has 0 fully saturated rings. The summed E-state index contributed by atoms with van der Waals surface area (Å²) in [6.07, 6.45) is 3.00. The third kappa shape index (κ3) is 2.29. The number of aromatic nitrogens is 2. The molecule has 0 unspecified atom stereocenters. The number of imidazole rings is 1. The number of aryl methyl sites for hydroxylation is 1. The molecular formula is C18H21N4+. The fraction of sp³-hybridized carbons (Fsp3) is 0.333. The standard InChI is InChI=1S/C18H20N4/c1-3-7-13-11-17(20-10-4-2)22-16-9-6-5-8-15(16)21-18(22)14(13)12-19/h5-6,8-9,11H,3-4,7,10H2,1-2H3,(H,20,21)/p+1. The largest absolute Gasteiger partial charge is 0.305 e. The van der Waals surface area contributed by atoms with E-state index in [1.165, 1.54) is 0 Å². The maximum absolute atomic E-state index is 9.63. The van der Waals surface area contributed by atoms with Crippen LogP contribution in [0.3, 0.4) is 0 Å². The Morgan fingerprint density at radius 1 is 1.23 bits per heavy atom. The highest BCUT2D eigenvalue weighted by molar-refractivity contribution is 5.77. The van der Waals surface area contributed by atoms with Crippen molar-refractivity contribution in [1.82, 2.24) is 4.98 Å². The molecule has 22 heavy (non-hydrogen) atoms. The summed E-state index contributed by atoms with van der Waals surface area (Å²) in [6.45, 7) is 5.21. The molecule has 0 aliphatic carbocycles. The van der Waals surface area contributed by atoms with Crippen molar-refractivity contribution >= 4 is 22.5 Å². The lowest BCUT2D eigenvalue weighted by atomic mass is 10.1. The van der Waals surface area contributed by atoms with Crippen LogP contribution in [0.1, 0.15) is 37.8 Å². The van der Waals surface area contributed by atoms with Gasteiger partial charge in [-0.3, -0.25) is 4.98 Å². The van der Waals surface area contributed by atoms with E-state index in [0.717, 1.165) is 59.4 Å². The minimum absolute atomic E-state index is 0.750. The Morgan fingerprint density at radius 3 is 2.77 bits per heavy atom. The highest BCUT2D eigenvalue weighted by atomic mass is 15.1. The number of benzene rings is 1. The molecule has 0 radical (unpaired) electrons. The fourth-order valence-corrected chi connectivity index (χ4v) is 2.93. The van der Waals surface area contributed by atoms with Crippen LogP contribution in [0.4, 0.5) is 5.82 Å². The van der Waals surface area contributed by atoms with Crippen molar-refractivity contribution in [3.8, 4) is 6.07 Å². The molecular weight excluding hydrogens is 272 g/mol. The third-order valence-corrected chi connectivity index (χ3v) is 3.92. The Balaban J connectivity index is 2.37. The predicted molar refractivity (Wildman–Crippen MR) is 88.9 cm³/mol. The molecule has 0 bridgehead atoms. The number of pyridine rings is 1. The van der Waals surface area contributed by atoms with Crippen molar-refractivity contribution in [2.45, 2.75) is 33.1 Å². The van der Waals surface area contributed by atoms with Gasteiger partial charge in [-0.15, -0.1) is 0 Å². The SMILES string of the molecule is CCCNc1cc(CCC)c(C#N)c2[nH]c3ccccc3[n+]12. The number of hydrogen-bond acceptors (Lipinski definition) is 2. The van der Waals surface area contributed by atoms with Gasteiger partial charge in [0, 0.05) is 6.07 Å². The number of anilines is 1. The van der Waals surface area contributed by atoms with Crippen molar-refractivity contribution in [2.24, 2.45) is 0 Å². The molecule has 0 aliphatic heterocycles. The van der Waals surface area contributed by atoms with Crippen LogP contribution in [-0.2, 0) is 6.42 Å². The molecule has 1 aromatic carbocycles. The highest BCUT2D eigenvalue weighted by Crippen LogP contribution is 2.21. The number of H-pyrrole nitrogens is 1. The molecule has 2 aromatic heterocycles. The van der Waals surface area contributed by atoms with Crippen LogP contribution < -0.4 is 9.72 Å². The van der Waals surface area contributed by atoms with E-state index in [1.54, 1.807) is 0 Å². The molecule has 0 aliphatic rings. The first kappa shape index (κ1) is 14.4. The van der Waals surface area contributed by atoms with Crippen molar-refractivity contribution in [3.63, 3.8) is 0 Å². The maximum atomic E-state index is 9.63. The molecule has 2 heterocycles. The number of hydrogen-bond donors (Lipinski definition) is 2. The molecule has 0 atom stereocenters. The van der Waals surface area contributed by atoms with Crippen molar-refractivity contribution in [1.29, 1.82) is 5.26 Å². The summed E-state index contributed by atoms with van der Waals surface area (Å²) < 4.78 is 2.13. The summed E-state index contributed by atoms with van der Waals surface area (Å²) in [6, 6.07) is 12.7. The summed E-state index contributed by atoms with van der Waals surface area (Å²) in [4.78, 5) is 3.41. The van der Waals surface area contributed by atoms with E-state index in [-0.39, 0.29) is 0 Å². The Hall–Kier alpha value is -2.54. The Kier molecular flexibility index (Phi) is 3.97. The number of nitrogens with zero attached hydrogens (tertiary/aromatic N) is 2. The molecule has 0 spiro atoms. The normalized spacial score (nSPS) is 11.0. The number of aromatic amines is 1. The molecule has 3 rings (SSSR count). The van der Waals surface area contributed by atoms with Gasteiger partial charge in [-0.1, -0.05) is 32.4 Å². The summed E-state index contributed by atoms with van der Waals surface area (Å²) >= 11 is 0. The topological polar surface area (TPSA) is 55.7 Å². The second-order valence-corrected chi connectivity index (χ2v) is 5.54. The van der Waals surface area contributed by atoms with Gasteiger partial charge in [0.05, 0.1) is 6.54 Å². The van der Waals surface area contributed by atoms with Gasteiger partial charge < -0.3 is 5.32 Å². The second-order valence-electron chi connectivity index (χ2n) is 5.54. The average Bonchev–Trinajstić information content (AvgIpc) is 2.92. The van der Waals surface area contributed by atoms with E-state index in [4.69, 9.17) is 0 Å². The van der Waals surface area contributed by atoms with Gasteiger partial charge in [-0.2, -0.15) is 9.66 Å². The second kappa shape index (κ2) is 6.07. The van der Waals surface area contributed by atoms with Crippen molar-refractivity contribution in [3.05, 3.63) is 41.5 Å². The number of fused-ring (bicyclic) bond motifs is 3. The molecule has 0 saturated carbocycles. The first-order chi connectivity index (χ1) is 10.8. The molecule has 4 heteroatoms. The van der Waals surface area contributed by atoms with Crippen LogP contribution in [0.5, 0.6) is 0 Å². The molecule has 3 aromatic rings. The van der Waals surface area contributed by atoms with E-state index >= 15 is 0 Å². The van der Waals surface area contributed by atoms with Gasteiger partial charge in [0.2, 0.25) is 11.5 Å². The molecule has 4 nitrogen and oxygen atoms in total. The van der Waals surface area contributed by atoms with Gasteiger partial charge >= 0.3 is 0 Å². The highest BCUT2D eigenvalue weighted by Gasteiger charge is 2.21. The Morgan fingerprint density at radius 2 is 2.05 bits per heavy atom. The Bertz CT molecular complexity index is 855. The Labute approximate surface area is 130 Å². The van der Waals surface area contributed by atoms with E-state index in [9.17, 15) is 5.26 Å². The lowest BCUT2D eigenvalue weighted by Gasteiger charge is -2.07. The quantitative estimate of drug-likeness (QED) is 0.707. The van der Waals surface area contributed by atoms with Gasteiger partial charge in [0.25, 0.3) is 0 Å². The lowest BCUT2D eigenvalue weighted by Crippen LogP contribution is -2.28. The number of nitriles is 1. The summed E-state index contributed by atoms with van der Waals surface area (Å²) in [7, 11) is 0. The van der Waals surface area contributed by atoms with Crippen LogP contribution in [0.25, 0.3) is 16.7 Å². The van der Waals surface area contributed by atoms with E-state index in [2.05, 4.69) is 46.8 Å². The van der Waals surface area contributed by atoms with Crippen LogP contribution >= 0.6 is 0 Å². The van der Waals surface area contributed by atoms with Gasteiger partial charge in [0.1, 0.15) is 22.7 Å². The average molecular weight is 293 g/mol. The monoisotopic (exact) mass is 293 g/mol. The van der Waals surface area contributed by atoms with Gasteiger partial charge in [-0.05, 0) is 30.5 Å². The van der Waals surface area contributed by atoms with Crippen molar-refractivity contribution in [2.75, 3.05) is 11.9 Å². The summed E-state index contributed by atoms with van der Waals surface area (Å²) in [5, 5.41) is 13.1. The predicted octanol–water partition coefficient (Wildman–Crippen LogP) is 3.55. The first-order valence-electron chi connectivity index (χ1n) is 7.92. The minimum atomic E-state index is 0.750. The number of para-hydroxylation sites is 2. The molecule has 0 amide bonds. The lowest BCUT2D eigenvalue weighted by molar-refractivity contribution is -0.465. The number of rotatable bonds is 5. The summed E-state index contributed by atoms with van der Waals surface area (Å²) in [5.41, 5.74) is 4.88. The minimum Gasteiger partial charge on any atom is -0.305 e. The molecule has 2 N–H and O–H groups in total. The van der Waals surface area contributed by atoms with E-state index in [0.29, 0.717) is 0 Å². The van der Waals surface area contributed by atoms with Gasteiger partial charge in [-0.25, -0.2) is 0 Å². The zero-order valence-corrected chi connectivity index (χ0v) is 13.1. The van der Waals surface area contributed by atoms with Crippen LogP contribution in [0.15, 0.2) is 30.3 Å². The van der Waals surface area contributed by atoms with Crippen LogP contribution in [0.2, 0.25) is 0 Å². The van der Waals surface area contributed by atoms with Crippen LogP contribution in [-0.4, -0.2) is 11.5 Å². The summed E-state index contributed by atoms with van der Waals surface area (Å²) in [5.74, 6) is 1.05. The molecule has 0 saturated heterocycles. The van der Waals surface area contributed by atoms with Crippen LogP contribution in [0, 0.1) is 11.3 Å². The third-order valence-electron chi connectivity index (χ3n) is 3.92. The van der Waals surface area contributed by atoms with E-state index < -0.39 is 0 Å². The zero-order valence-electron chi connectivity index (χ0n) is 13.1. The maximum Gasteiger partial charge on any atom is 0.250 e. The van der Waals surface area contributed by atoms with E-state index in [1.807, 2.05) is 18.2 Å². The smallest absolute Gasteiger partial charge is 0.250 e. The first-order valence-corrected chi connectivity index (χ1v) is 7.92. The fourth-order valence-electron chi connectivity index (χ4n) is 2.93.